The highest BCUT2D eigenvalue weighted by Crippen LogP contribution is 2.38. The minimum Gasteiger partial charge on any atom is -0.334 e. The van der Waals surface area contributed by atoms with Crippen LogP contribution in [0.2, 0.25) is 0 Å². The number of fused-ring (bicyclic) bond motifs is 1. The number of rotatable bonds is 5. The van der Waals surface area contributed by atoms with Gasteiger partial charge in [-0.05, 0) is 48.4 Å². The van der Waals surface area contributed by atoms with Gasteiger partial charge in [0.15, 0.2) is 0 Å². The fraction of sp³-hybridized carbons (Fsp3) is 0.167. The normalized spacial score (nSPS) is 13.0. The number of urea groups is 1. The van der Waals surface area contributed by atoms with Crippen LogP contribution in [0.1, 0.15) is 16.7 Å². The van der Waals surface area contributed by atoms with Crippen molar-refractivity contribution in [1.29, 1.82) is 0 Å². The van der Waals surface area contributed by atoms with Gasteiger partial charge >= 0.3 is 6.03 Å². The summed E-state index contributed by atoms with van der Waals surface area (Å²) in [5.74, 6) is 0.480. The number of carbonyl (C=O) groups excluding carboxylic acids is 2. The quantitative estimate of drug-likeness (QED) is 0.475. The zero-order valence-corrected chi connectivity index (χ0v) is 19.4. The highest BCUT2D eigenvalue weighted by molar-refractivity contribution is 9.10. The Bertz CT molecular complexity index is 1120. The summed E-state index contributed by atoms with van der Waals surface area (Å²) in [6.07, 6.45) is 0. The number of hydrogen-bond donors (Lipinski definition) is 2. The van der Waals surface area contributed by atoms with E-state index in [-0.39, 0.29) is 11.9 Å². The van der Waals surface area contributed by atoms with Gasteiger partial charge in [0.1, 0.15) is 0 Å². The van der Waals surface area contributed by atoms with Crippen molar-refractivity contribution in [2.75, 3.05) is 16.0 Å². The molecule has 7 heteroatoms. The van der Waals surface area contributed by atoms with Gasteiger partial charge in [-0.3, -0.25) is 4.79 Å². The molecule has 3 aromatic carbocycles. The number of nitrogens with one attached hydrogen (secondary N) is 2. The van der Waals surface area contributed by atoms with Crippen molar-refractivity contribution in [2.45, 2.75) is 24.9 Å². The Morgan fingerprint density at radius 3 is 2.65 bits per heavy atom. The number of carbonyl (C=O) groups is 2. The summed E-state index contributed by atoms with van der Waals surface area (Å²) in [7, 11) is 0. The molecule has 0 atom stereocenters. The molecule has 1 aliphatic rings. The molecule has 158 valence electrons. The maximum absolute atomic E-state index is 12.7. The van der Waals surface area contributed by atoms with E-state index in [0.717, 1.165) is 26.2 Å². The Morgan fingerprint density at radius 2 is 1.87 bits per heavy atom. The lowest BCUT2D eigenvalue weighted by Gasteiger charge is -2.29. The lowest BCUT2D eigenvalue weighted by Crippen LogP contribution is -2.35. The maximum Gasteiger partial charge on any atom is 0.319 e. The second kappa shape index (κ2) is 9.58. The summed E-state index contributed by atoms with van der Waals surface area (Å²) < 4.78 is 0.970. The number of amides is 3. The van der Waals surface area contributed by atoms with E-state index < -0.39 is 0 Å². The summed E-state index contributed by atoms with van der Waals surface area (Å²) in [6, 6.07) is 21.4. The third-order valence-electron chi connectivity index (χ3n) is 4.96. The molecule has 0 unspecified atom stereocenters. The summed E-state index contributed by atoms with van der Waals surface area (Å²) in [5.41, 5.74) is 4.73. The molecule has 1 aliphatic heterocycles. The third-order valence-corrected chi connectivity index (χ3v) is 6.50. The van der Waals surface area contributed by atoms with Crippen molar-refractivity contribution < 1.29 is 9.59 Å². The fourth-order valence-electron chi connectivity index (χ4n) is 3.33. The van der Waals surface area contributed by atoms with E-state index in [4.69, 9.17) is 0 Å². The van der Waals surface area contributed by atoms with Gasteiger partial charge in [0.25, 0.3) is 0 Å². The first-order chi connectivity index (χ1) is 15.0. The van der Waals surface area contributed by atoms with Crippen LogP contribution in [0.5, 0.6) is 0 Å². The van der Waals surface area contributed by atoms with Crippen LogP contribution in [0, 0.1) is 6.92 Å². The van der Waals surface area contributed by atoms with Crippen LogP contribution in [0.25, 0.3) is 0 Å². The largest absolute Gasteiger partial charge is 0.334 e. The van der Waals surface area contributed by atoms with Crippen molar-refractivity contribution >= 4 is 51.0 Å². The van der Waals surface area contributed by atoms with Gasteiger partial charge in [0.2, 0.25) is 5.91 Å². The topological polar surface area (TPSA) is 61.4 Å². The molecule has 1 heterocycles. The zero-order valence-electron chi connectivity index (χ0n) is 17.0. The van der Waals surface area contributed by atoms with E-state index in [9.17, 15) is 9.59 Å². The predicted octanol–water partition coefficient (Wildman–Crippen LogP) is 5.72. The number of halogens is 1. The summed E-state index contributed by atoms with van der Waals surface area (Å²) in [5, 5.41) is 5.74. The van der Waals surface area contributed by atoms with Crippen molar-refractivity contribution in [1.82, 2.24) is 5.32 Å². The van der Waals surface area contributed by atoms with E-state index in [1.807, 2.05) is 73.7 Å². The minimum atomic E-state index is -0.292. The van der Waals surface area contributed by atoms with Crippen LogP contribution in [0.4, 0.5) is 16.2 Å². The maximum atomic E-state index is 12.7. The number of benzene rings is 3. The van der Waals surface area contributed by atoms with Crippen molar-refractivity contribution in [3.63, 3.8) is 0 Å². The molecule has 0 radical (unpaired) electrons. The average molecular weight is 496 g/mol. The van der Waals surface area contributed by atoms with Crippen molar-refractivity contribution in [3.8, 4) is 0 Å². The van der Waals surface area contributed by atoms with E-state index in [2.05, 4.69) is 26.6 Å². The number of hydrogen-bond acceptors (Lipinski definition) is 3. The molecule has 4 rings (SSSR count). The molecule has 5 nitrogen and oxygen atoms in total. The Morgan fingerprint density at radius 1 is 1.06 bits per heavy atom. The van der Waals surface area contributed by atoms with Gasteiger partial charge in [-0.1, -0.05) is 57.9 Å². The first kappa shape index (κ1) is 21.5. The summed E-state index contributed by atoms with van der Waals surface area (Å²) >= 11 is 4.96. The predicted molar refractivity (Wildman–Crippen MR) is 130 cm³/mol. The van der Waals surface area contributed by atoms with Gasteiger partial charge < -0.3 is 15.5 Å². The highest BCUT2D eigenvalue weighted by Gasteiger charge is 2.25. The van der Waals surface area contributed by atoms with Gasteiger partial charge in [-0.25, -0.2) is 4.79 Å². The smallest absolute Gasteiger partial charge is 0.319 e. The first-order valence-corrected chi connectivity index (χ1v) is 11.7. The molecule has 0 aliphatic carbocycles. The van der Waals surface area contributed by atoms with E-state index in [1.165, 1.54) is 17.3 Å². The number of aryl methyl sites for hydroxylation is 1. The molecule has 0 fully saturated rings. The van der Waals surface area contributed by atoms with Gasteiger partial charge in [0, 0.05) is 21.6 Å². The SMILES string of the molecule is Cc1ccc(CN2C(=O)CSc3ccc(NC(=O)NCc4cccc(Br)c4)cc32)cc1. The van der Waals surface area contributed by atoms with Crippen molar-refractivity contribution in [2.24, 2.45) is 0 Å². The molecule has 0 saturated carbocycles. The fourth-order valence-corrected chi connectivity index (χ4v) is 4.70. The second-order valence-electron chi connectivity index (χ2n) is 7.37. The first-order valence-electron chi connectivity index (χ1n) is 9.90. The van der Waals surface area contributed by atoms with Crippen LogP contribution in [-0.4, -0.2) is 17.7 Å². The van der Waals surface area contributed by atoms with Gasteiger partial charge in [-0.15, -0.1) is 11.8 Å². The van der Waals surface area contributed by atoms with Crippen LogP contribution in [0.3, 0.4) is 0 Å². The Kier molecular flexibility index (Phi) is 6.63. The lowest BCUT2D eigenvalue weighted by atomic mass is 10.1. The molecule has 2 N–H and O–H groups in total. The van der Waals surface area contributed by atoms with E-state index in [0.29, 0.717) is 24.5 Å². The summed E-state index contributed by atoms with van der Waals surface area (Å²) in [4.78, 5) is 27.9. The molecule has 0 spiro atoms. The van der Waals surface area contributed by atoms with Gasteiger partial charge in [-0.2, -0.15) is 0 Å². The molecule has 31 heavy (non-hydrogen) atoms. The Labute approximate surface area is 194 Å². The third kappa shape index (κ3) is 5.48. The number of thioether (sulfide) groups is 1. The average Bonchev–Trinajstić information content (AvgIpc) is 2.76. The minimum absolute atomic E-state index is 0.0642. The monoisotopic (exact) mass is 495 g/mol. The molecule has 0 aromatic heterocycles. The summed E-state index contributed by atoms with van der Waals surface area (Å²) in [6.45, 7) is 2.97. The van der Waals surface area contributed by atoms with Crippen molar-refractivity contribution in [3.05, 3.63) is 87.9 Å². The Balaban J connectivity index is 1.47. The van der Waals surface area contributed by atoms with E-state index in [1.54, 1.807) is 4.90 Å². The number of anilines is 2. The lowest BCUT2D eigenvalue weighted by molar-refractivity contribution is -0.116. The number of nitrogens with zero attached hydrogens (tertiary/aromatic N) is 1. The van der Waals surface area contributed by atoms with Crippen LogP contribution < -0.4 is 15.5 Å². The molecular formula is C24H22BrN3O2S. The second-order valence-corrected chi connectivity index (χ2v) is 9.31. The van der Waals surface area contributed by atoms with Crippen LogP contribution in [-0.2, 0) is 17.9 Å². The molecule has 0 bridgehead atoms. The highest BCUT2D eigenvalue weighted by atomic mass is 79.9. The van der Waals surface area contributed by atoms with Crippen LogP contribution in [0.15, 0.2) is 76.1 Å². The van der Waals surface area contributed by atoms with E-state index >= 15 is 0 Å². The Hall–Kier alpha value is -2.77. The standard InChI is InChI=1S/C24H22BrN3O2S/c1-16-5-7-17(8-6-16)14-28-21-12-20(9-10-22(21)31-15-23(28)29)27-24(30)26-13-18-3-2-4-19(25)11-18/h2-12H,13-15H2,1H3,(H2,26,27,30). The molecule has 3 aromatic rings. The zero-order chi connectivity index (χ0) is 21.8. The molecule has 3 amide bonds. The molecular weight excluding hydrogens is 474 g/mol. The molecule has 0 saturated heterocycles. The van der Waals surface area contributed by atoms with Crippen LogP contribution >= 0.6 is 27.7 Å². The van der Waals surface area contributed by atoms with Gasteiger partial charge in [0.05, 0.1) is 18.0 Å².